The Morgan fingerprint density at radius 1 is 1.33 bits per heavy atom. The summed E-state index contributed by atoms with van der Waals surface area (Å²) in [5, 5.41) is 14.8. The van der Waals surface area contributed by atoms with E-state index in [0.717, 1.165) is 57.2 Å². The number of rotatable bonds is 10. The van der Waals surface area contributed by atoms with Gasteiger partial charge in [-0.15, -0.1) is 10.2 Å². The summed E-state index contributed by atoms with van der Waals surface area (Å²) in [6.07, 6.45) is 7.04. The zero-order valence-corrected chi connectivity index (χ0v) is 14.2. The third-order valence-electron chi connectivity index (χ3n) is 2.97. The minimum absolute atomic E-state index is 0.823. The second-order valence-corrected chi connectivity index (χ2v) is 5.71. The van der Waals surface area contributed by atoms with Gasteiger partial charge in [-0.2, -0.15) is 11.8 Å². The molecule has 2 N–H and O–H groups in total. The summed E-state index contributed by atoms with van der Waals surface area (Å²) in [6.45, 7) is 7.72. The molecule has 0 saturated heterocycles. The van der Waals surface area contributed by atoms with Crippen molar-refractivity contribution in [2.24, 2.45) is 4.99 Å². The number of aliphatic imine (C=N–C) groups is 1. The Labute approximate surface area is 132 Å². The molecule has 0 fully saturated rings. The number of hydrogen-bond acceptors (Lipinski definition) is 4. The van der Waals surface area contributed by atoms with E-state index in [2.05, 4.69) is 50.5 Å². The van der Waals surface area contributed by atoms with Gasteiger partial charge in [0.05, 0.1) is 0 Å². The van der Waals surface area contributed by atoms with Crippen LogP contribution in [0, 0.1) is 0 Å². The molecule has 0 aliphatic rings. The van der Waals surface area contributed by atoms with Crippen molar-refractivity contribution in [2.75, 3.05) is 31.6 Å². The van der Waals surface area contributed by atoms with Crippen LogP contribution >= 0.6 is 11.8 Å². The van der Waals surface area contributed by atoms with Gasteiger partial charge < -0.3 is 15.2 Å². The molecular weight excluding hydrogens is 284 g/mol. The maximum absolute atomic E-state index is 4.55. The zero-order chi connectivity index (χ0) is 15.3. The molecule has 0 unspecified atom stereocenters. The molecule has 1 aromatic rings. The summed E-state index contributed by atoms with van der Waals surface area (Å²) in [5.41, 5.74) is 0. The molecule has 1 rings (SSSR count). The lowest BCUT2D eigenvalue weighted by molar-refractivity contribution is 0.631. The van der Waals surface area contributed by atoms with Gasteiger partial charge in [0.15, 0.2) is 5.96 Å². The molecule has 0 bridgehead atoms. The maximum Gasteiger partial charge on any atom is 0.191 e. The van der Waals surface area contributed by atoms with Crippen molar-refractivity contribution in [1.82, 2.24) is 25.4 Å². The first-order valence-corrected chi connectivity index (χ1v) is 9.09. The van der Waals surface area contributed by atoms with Gasteiger partial charge in [-0.3, -0.25) is 4.99 Å². The highest BCUT2D eigenvalue weighted by atomic mass is 32.2. The topological polar surface area (TPSA) is 67.1 Å². The summed E-state index contributed by atoms with van der Waals surface area (Å²) in [4.78, 5) is 4.55. The first-order valence-electron chi connectivity index (χ1n) is 7.69. The molecule has 21 heavy (non-hydrogen) atoms. The predicted octanol–water partition coefficient (Wildman–Crippen LogP) is 1.54. The van der Waals surface area contributed by atoms with E-state index in [1.807, 2.05) is 11.8 Å². The van der Waals surface area contributed by atoms with Crippen LogP contribution in [0.4, 0.5) is 0 Å². The molecule has 0 saturated carbocycles. The average Bonchev–Trinajstić information content (AvgIpc) is 2.95. The summed E-state index contributed by atoms with van der Waals surface area (Å²) in [5.74, 6) is 3.11. The molecule has 0 aliphatic carbocycles. The van der Waals surface area contributed by atoms with Gasteiger partial charge in [0, 0.05) is 32.6 Å². The molecule has 1 aromatic heterocycles. The molecular formula is C14H28N6S. The second kappa shape index (κ2) is 11.4. The van der Waals surface area contributed by atoms with Gasteiger partial charge in [0.25, 0.3) is 0 Å². The van der Waals surface area contributed by atoms with Crippen LogP contribution < -0.4 is 10.6 Å². The first-order chi connectivity index (χ1) is 10.3. The van der Waals surface area contributed by atoms with Crippen LogP contribution in [0.15, 0.2) is 11.3 Å². The number of guanidine groups is 1. The fraction of sp³-hybridized carbons (Fsp3) is 0.786. The Bertz CT molecular complexity index is 404. The largest absolute Gasteiger partial charge is 0.356 e. The Morgan fingerprint density at radius 2 is 2.14 bits per heavy atom. The summed E-state index contributed by atoms with van der Waals surface area (Å²) in [7, 11) is 0. The van der Waals surface area contributed by atoms with E-state index < -0.39 is 0 Å². The number of hydrogen-bond donors (Lipinski definition) is 2. The van der Waals surface area contributed by atoms with Crippen LogP contribution in [0.3, 0.4) is 0 Å². The quantitative estimate of drug-likeness (QED) is 0.390. The molecule has 0 aliphatic heterocycles. The molecule has 0 radical (unpaired) electrons. The van der Waals surface area contributed by atoms with Gasteiger partial charge in [-0.25, -0.2) is 0 Å². The minimum atomic E-state index is 0.823. The third-order valence-corrected chi connectivity index (χ3v) is 3.67. The van der Waals surface area contributed by atoms with Gasteiger partial charge in [0.2, 0.25) is 0 Å². The van der Waals surface area contributed by atoms with E-state index in [9.17, 15) is 0 Å². The van der Waals surface area contributed by atoms with Crippen molar-refractivity contribution in [1.29, 1.82) is 0 Å². The Morgan fingerprint density at radius 3 is 2.86 bits per heavy atom. The highest BCUT2D eigenvalue weighted by Crippen LogP contribution is 1.95. The number of nitrogens with zero attached hydrogens (tertiary/aromatic N) is 4. The summed E-state index contributed by atoms with van der Waals surface area (Å²) < 4.78 is 2.08. The molecule has 0 spiro atoms. The number of aromatic nitrogens is 3. The van der Waals surface area contributed by atoms with Crippen molar-refractivity contribution in [3.63, 3.8) is 0 Å². The van der Waals surface area contributed by atoms with Crippen LogP contribution in [0.2, 0.25) is 0 Å². The average molecular weight is 312 g/mol. The first kappa shape index (κ1) is 17.8. The Kier molecular flexibility index (Phi) is 9.69. The van der Waals surface area contributed by atoms with Crippen molar-refractivity contribution in [3.8, 4) is 0 Å². The second-order valence-electron chi connectivity index (χ2n) is 4.72. The number of nitrogens with one attached hydrogen (secondary N) is 2. The highest BCUT2D eigenvalue weighted by Gasteiger charge is 2.02. The van der Waals surface area contributed by atoms with Crippen LogP contribution in [-0.2, 0) is 13.0 Å². The van der Waals surface area contributed by atoms with Crippen LogP contribution in [-0.4, -0.2) is 52.4 Å². The fourth-order valence-corrected chi connectivity index (χ4v) is 2.29. The molecule has 120 valence electrons. The van der Waals surface area contributed by atoms with E-state index in [-0.39, 0.29) is 0 Å². The summed E-state index contributed by atoms with van der Waals surface area (Å²) >= 11 is 1.87. The molecule has 0 aromatic carbocycles. The van der Waals surface area contributed by atoms with E-state index in [4.69, 9.17) is 0 Å². The Hall–Kier alpha value is -1.24. The monoisotopic (exact) mass is 312 g/mol. The van der Waals surface area contributed by atoms with E-state index in [1.165, 1.54) is 5.75 Å². The van der Waals surface area contributed by atoms with Crippen LogP contribution in [0.5, 0.6) is 0 Å². The van der Waals surface area contributed by atoms with Gasteiger partial charge in [0.1, 0.15) is 12.2 Å². The summed E-state index contributed by atoms with van der Waals surface area (Å²) in [6, 6.07) is 0. The van der Waals surface area contributed by atoms with Gasteiger partial charge in [-0.05, 0) is 24.9 Å². The van der Waals surface area contributed by atoms with E-state index >= 15 is 0 Å². The number of thioether (sulfide) groups is 1. The minimum Gasteiger partial charge on any atom is -0.356 e. The fourth-order valence-electron chi connectivity index (χ4n) is 1.86. The van der Waals surface area contributed by atoms with E-state index in [1.54, 1.807) is 6.33 Å². The molecule has 0 atom stereocenters. The van der Waals surface area contributed by atoms with Crippen LogP contribution in [0.1, 0.15) is 32.5 Å². The van der Waals surface area contributed by atoms with E-state index in [0.29, 0.717) is 0 Å². The molecule has 0 amide bonds. The SMILES string of the molecule is CCCN=C(NCCCSC)NCCn1cnnc1CC. The third kappa shape index (κ3) is 7.36. The molecule has 1 heterocycles. The molecule has 6 nitrogen and oxygen atoms in total. The maximum atomic E-state index is 4.55. The van der Waals surface area contributed by atoms with Crippen molar-refractivity contribution in [3.05, 3.63) is 12.2 Å². The van der Waals surface area contributed by atoms with Gasteiger partial charge >= 0.3 is 0 Å². The normalized spacial score (nSPS) is 11.7. The lowest BCUT2D eigenvalue weighted by atomic mass is 10.4. The number of aryl methyl sites for hydroxylation is 1. The smallest absolute Gasteiger partial charge is 0.191 e. The lowest BCUT2D eigenvalue weighted by Gasteiger charge is -2.13. The molecule has 7 heteroatoms. The zero-order valence-electron chi connectivity index (χ0n) is 13.4. The lowest BCUT2D eigenvalue weighted by Crippen LogP contribution is -2.39. The van der Waals surface area contributed by atoms with Crippen molar-refractivity contribution in [2.45, 2.75) is 39.7 Å². The van der Waals surface area contributed by atoms with Crippen LogP contribution in [0.25, 0.3) is 0 Å². The Balaban J connectivity index is 2.34. The van der Waals surface area contributed by atoms with Gasteiger partial charge in [-0.1, -0.05) is 13.8 Å². The van der Waals surface area contributed by atoms with Crippen molar-refractivity contribution < 1.29 is 0 Å². The predicted molar refractivity (Wildman–Crippen MR) is 91.0 cm³/mol. The highest BCUT2D eigenvalue weighted by molar-refractivity contribution is 7.98. The standard InChI is InChI=1S/C14H28N6S/c1-4-7-15-14(16-8-6-11-21-3)17-9-10-20-12-18-19-13(20)5-2/h12H,4-11H2,1-3H3,(H2,15,16,17). The van der Waals surface area contributed by atoms with Crippen molar-refractivity contribution >= 4 is 17.7 Å².